The molecule has 1 N–H and O–H groups in total. The minimum atomic E-state index is -0.830. The molecule has 0 spiro atoms. The summed E-state index contributed by atoms with van der Waals surface area (Å²) in [6.45, 7) is 2.78. The number of aryl methyl sites for hydroxylation is 1. The van der Waals surface area contributed by atoms with E-state index in [1.54, 1.807) is 0 Å². The molecule has 0 amide bonds. The smallest absolute Gasteiger partial charge is 0.312 e. The second kappa shape index (κ2) is 4.94. The number of nitrogens with zero attached hydrogens (tertiary/aromatic N) is 2. The number of fused-ring (bicyclic) bond motifs is 1. The molecule has 0 fully saturated rings. The summed E-state index contributed by atoms with van der Waals surface area (Å²) >= 11 is 6.21. The van der Waals surface area contributed by atoms with Gasteiger partial charge in [-0.15, -0.1) is 0 Å². The Morgan fingerprint density at radius 1 is 1.45 bits per heavy atom. The molecular weight excluding hydrogens is 276 g/mol. The lowest BCUT2D eigenvalue weighted by Crippen LogP contribution is -2.22. The van der Waals surface area contributed by atoms with Crippen molar-refractivity contribution in [1.29, 1.82) is 0 Å². The molecule has 0 aliphatic carbocycles. The molecule has 0 radical (unpaired) electrons. The highest BCUT2D eigenvalue weighted by Gasteiger charge is 2.32. The summed E-state index contributed by atoms with van der Waals surface area (Å²) in [5.41, 5.74) is 2.75. The van der Waals surface area contributed by atoms with Gasteiger partial charge in [0.05, 0.1) is 5.69 Å². The molecule has 1 aliphatic heterocycles. The maximum atomic E-state index is 11.4. The van der Waals surface area contributed by atoms with Gasteiger partial charge in [0.15, 0.2) is 5.15 Å². The number of carbonyl (C=O) groups is 1. The molecule has 104 valence electrons. The molecule has 2 heterocycles. The molecule has 20 heavy (non-hydrogen) atoms. The number of carboxylic acids is 1. The summed E-state index contributed by atoms with van der Waals surface area (Å²) in [5.74, 6) is -0.611. The number of carboxylic acid groups (broad SMARTS) is 1. The zero-order valence-corrected chi connectivity index (χ0v) is 11.9. The van der Waals surface area contributed by atoms with E-state index < -0.39 is 11.9 Å². The fraction of sp³-hybridized carbons (Fsp3) is 0.333. The van der Waals surface area contributed by atoms with Gasteiger partial charge >= 0.3 is 5.97 Å². The third kappa shape index (κ3) is 2.00. The number of rotatable bonds is 2. The van der Waals surface area contributed by atoms with Crippen LogP contribution in [0.1, 0.15) is 30.0 Å². The van der Waals surface area contributed by atoms with Crippen molar-refractivity contribution in [2.45, 2.75) is 32.2 Å². The van der Waals surface area contributed by atoms with Crippen molar-refractivity contribution in [2.75, 3.05) is 0 Å². The average Bonchev–Trinajstić information content (AvgIpc) is 2.77. The molecule has 5 heteroatoms. The number of benzene rings is 1. The van der Waals surface area contributed by atoms with Gasteiger partial charge in [-0.2, -0.15) is 0 Å². The number of aliphatic carboxylic acids is 1. The van der Waals surface area contributed by atoms with Gasteiger partial charge in [0, 0.05) is 12.1 Å². The fourth-order valence-corrected chi connectivity index (χ4v) is 3.17. The minimum Gasteiger partial charge on any atom is -0.481 e. The van der Waals surface area contributed by atoms with Crippen LogP contribution in [-0.2, 0) is 11.3 Å². The molecule has 1 aromatic carbocycles. The van der Waals surface area contributed by atoms with Crippen LogP contribution in [0.15, 0.2) is 24.3 Å². The van der Waals surface area contributed by atoms with Crippen molar-refractivity contribution >= 4 is 17.6 Å². The van der Waals surface area contributed by atoms with Crippen LogP contribution >= 0.6 is 11.6 Å². The summed E-state index contributed by atoms with van der Waals surface area (Å²) in [6.07, 6.45) is 1.45. The van der Waals surface area contributed by atoms with Crippen molar-refractivity contribution in [3.63, 3.8) is 0 Å². The van der Waals surface area contributed by atoms with Gasteiger partial charge in [-0.1, -0.05) is 35.9 Å². The number of aromatic nitrogens is 2. The normalized spacial score (nSPS) is 17.8. The molecule has 4 nitrogen and oxygen atoms in total. The van der Waals surface area contributed by atoms with Crippen LogP contribution in [0.2, 0.25) is 5.15 Å². The van der Waals surface area contributed by atoms with Crippen molar-refractivity contribution < 1.29 is 9.90 Å². The first-order valence-corrected chi connectivity index (χ1v) is 7.02. The van der Waals surface area contributed by atoms with Crippen LogP contribution in [-0.4, -0.2) is 20.6 Å². The minimum absolute atomic E-state index is 0.315. The van der Waals surface area contributed by atoms with Gasteiger partial charge in [0.25, 0.3) is 0 Å². The Kier molecular flexibility index (Phi) is 3.26. The Hall–Kier alpha value is -1.81. The van der Waals surface area contributed by atoms with Crippen LogP contribution < -0.4 is 0 Å². The van der Waals surface area contributed by atoms with Crippen molar-refractivity contribution in [2.24, 2.45) is 0 Å². The Balaban J connectivity index is 2.19. The van der Waals surface area contributed by atoms with Gasteiger partial charge < -0.3 is 9.67 Å². The number of halogens is 1. The third-order valence-electron chi connectivity index (χ3n) is 3.85. The molecule has 0 bridgehead atoms. The van der Waals surface area contributed by atoms with Crippen molar-refractivity contribution in [3.05, 3.63) is 40.7 Å². The van der Waals surface area contributed by atoms with E-state index in [2.05, 4.69) is 4.98 Å². The molecule has 0 saturated heterocycles. The van der Waals surface area contributed by atoms with Gasteiger partial charge in [0.1, 0.15) is 11.7 Å². The van der Waals surface area contributed by atoms with Gasteiger partial charge in [-0.3, -0.25) is 4.79 Å². The largest absolute Gasteiger partial charge is 0.481 e. The summed E-state index contributed by atoms with van der Waals surface area (Å²) < 4.78 is 1.97. The molecule has 1 atom stereocenters. The van der Waals surface area contributed by atoms with Crippen LogP contribution in [0.25, 0.3) is 11.4 Å². The second-order valence-electron chi connectivity index (χ2n) is 5.11. The fourth-order valence-electron chi connectivity index (χ4n) is 2.85. The standard InChI is InChI=1S/C15H15ClN2O2/c1-9-5-2-3-6-10(9)14-17-13(16)12-11(15(19)20)7-4-8-18(12)14/h2-3,5-6,11H,4,7-8H2,1H3,(H,19,20). The Morgan fingerprint density at radius 2 is 2.20 bits per heavy atom. The second-order valence-corrected chi connectivity index (χ2v) is 5.47. The van der Waals surface area contributed by atoms with Crippen LogP contribution in [0, 0.1) is 6.92 Å². The van der Waals surface area contributed by atoms with E-state index in [4.69, 9.17) is 11.6 Å². The first-order chi connectivity index (χ1) is 9.59. The summed E-state index contributed by atoms with van der Waals surface area (Å²) in [5, 5.41) is 9.66. The van der Waals surface area contributed by atoms with Crippen LogP contribution in [0.4, 0.5) is 0 Å². The summed E-state index contributed by atoms with van der Waals surface area (Å²) in [7, 11) is 0. The maximum absolute atomic E-state index is 11.4. The van der Waals surface area contributed by atoms with Crippen molar-refractivity contribution in [3.8, 4) is 11.4 Å². The predicted molar refractivity (Wildman–Crippen MR) is 77.0 cm³/mol. The molecule has 1 aromatic heterocycles. The number of hydrogen-bond acceptors (Lipinski definition) is 2. The predicted octanol–water partition coefficient (Wildman–Crippen LogP) is 3.47. The highest BCUT2D eigenvalue weighted by atomic mass is 35.5. The molecule has 3 rings (SSSR count). The lowest BCUT2D eigenvalue weighted by Gasteiger charge is -2.22. The highest BCUT2D eigenvalue weighted by molar-refractivity contribution is 6.30. The third-order valence-corrected chi connectivity index (χ3v) is 4.13. The van der Waals surface area contributed by atoms with E-state index in [0.29, 0.717) is 17.3 Å². The Morgan fingerprint density at radius 3 is 2.90 bits per heavy atom. The molecule has 1 unspecified atom stereocenters. The van der Waals surface area contributed by atoms with E-state index in [0.717, 1.165) is 29.9 Å². The van der Waals surface area contributed by atoms with Crippen LogP contribution in [0.5, 0.6) is 0 Å². The lowest BCUT2D eigenvalue weighted by atomic mass is 9.96. The Bertz CT molecular complexity index is 679. The summed E-state index contributed by atoms with van der Waals surface area (Å²) in [4.78, 5) is 15.8. The van der Waals surface area contributed by atoms with Gasteiger partial charge in [-0.25, -0.2) is 4.98 Å². The average molecular weight is 291 g/mol. The monoisotopic (exact) mass is 290 g/mol. The quantitative estimate of drug-likeness (QED) is 0.921. The van der Waals surface area contributed by atoms with Crippen LogP contribution in [0.3, 0.4) is 0 Å². The van der Waals surface area contributed by atoms with Crippen molar-refractivity contribution in [1.82, 2.24) is 9.55 Å². The van der Waals surface area contributed by atoms with Gasteiger partial charge in [0.2, 0.25) is 0 Å². The molecule has 2 aromatic rings. The number of imidazole rings is 1. The van der Waals surface area contributed by atoms with Gasteiger partial charge in [-0.05, 0) is 25.3 Å². The number of hydrogen-bond donors (Lipinski definition) is 1. The van der Waals surface area contributed by atoms with E-state index in [1.165, 1.54) is 0 Å². The highest BCUT2D eigenvalue weighted by Crippen LogP contribution is 2.37. The summed E-state index contributed by atoms with van der Waals surface area (Å²) in [6, 6.07) is 7.93. The maximum Gasteiger partial charge on any atom is 0.312 e. The van der Waals surface area contributed by atoms with E-state index in [-0.39, 0.29) is 0 Å². The zero-order chi connectivity index (χ0) is 14.3. The lowest BCUT2D eigenvalue weighted by molar-refractivity contribution is -0.139. The molecule has 0 saturated carbocycles. The topological polar surface area (TPSA) is 55.1 Å². The first kappa shape index (κ1) is 13.2. The van der Waals surface area contributed by atoms with E-state index >= 15 is 0 Å². The zero-order valence-electron chi connectivity index (χ0n) is 11.1. The molecular formula is C15H15ClN2O2. The van der Waals surface area contributed by atoms with E-state index in [1.807, 2.05) is 35.8 Å². The molecule has 1 aliphatic rings. The van der Waals surface area contributed by atoms with E-state index in [9.17, 15) is 9.90 Å². The SMILES string of the molecule is Cc1ccccc1-c1nc(Cl)c2n1CCCC2C(=O)O. The first-order valence-electron chi connectivity index (χ1n) is 6.64. The Labute approximate surface area is 122 Å².